The van der Waals surface area contributed by atoms with Crippen LogP contribution in [-0.4, -0.2) is 52.3 Å². The summed E-state index contributed by atoms with van der Waals surface area (Å²) in [5, 5.41) is 1.93. The highest BCUT2D eigenvalue weighted by atomic mass is 16.2. The number of fused-ring (bicyclic) bond motifs is 2. The molecule has 5 heteroatoms. The Morgan fingerprint density at radius 2 is 1.92 bits per heavy atom. The van der Waals surface area contributed by atoms with Crippen LogP contribution in [0.1, 0.15) is 42.6 Å². The smallest absolute Gasteiger partial charge is 0.273 e. The van der Waals surface area contributed by atoms with Gasteiger partial charge in [0.25, 0.3) is 5.91 Å². The minimum atomic E-state index is -0.00533. The second-order valence-corrected chi connectivity index (χ2v) is 7.05. The molecule has 0 radical (unpaired) electrons. The molecule has 0 bridgehead atoms. The zero-order chi connectivity index (χ0) is 17.4. The zero-order valence-corrected chi connectivity index (χ0v) is 14.5. The van der Waals surface area contributed by atoms with Crippen molar-refractivity contribution in [1.29, 1.82) is 0 Å². The number of rotatable bonds is 1. The van der Waals surface area contributed by atoms with Crippen molar-refractivity contribution in [1.82, 2.24) is 14.8 Å². The number of hydrogen-bond donors (Lipinski definition) is 0. The Morgan fingerprint density at radius 1 is 1.12 bits per heavy atom. The van der Waals surface area contributed by atoms with E-state index in [9.17, 15) is 9.59 Å². The Bertz CT molecular complexity index is 814. The number of pyridine rings is 1. The monoisotopic (exact) mass is 337 g/mol. The normalized spacial score (nSPS) is 24.1. The summed E-state index contributed by atoms with van der Waals surface area (Å²) >= 11 is 0. The Balaban J connectivity index is 1.70. The number of hydrogen-bond acceptors (Lipinski definition) is 3. The van der Waals surface area contributed by atoms with Crippen LogP contribution in [0.15, 0.2) is 36.5 Å². The average Bonchev–Trinajstić information content (AvgIpc) is 2.80. The average molecular weight is 337 g/mol. The van der Waals surface area contributed by atoms with Crippen molar-refractivity contribution in [2.75, 3.05) is 13.6 Å². The van der Waals surface area contributed by atoms with Gasteiger partial charge in [0.05, 0.1) is 12.1 Å². The van der Waals surface area contributed by atoms with Gasteiger partial charge in [-0.2, -0.15) is 0 Å². The molecule has 2 saturated heterocycles. The summed E-state index contributed by atoms with van der Waals surface area (Å²) in [6.45, 7) is 0.743. The first kappa shape index (κ1) is 16.1. The molecule has 2 fully saturated rings. The fourth-order valence-electron chi connectivity index (χ4n) is 4.34. The Kier molecular flexibility index (Phi) is 4.15. The highest BCUT2D eigenvalue weighted by Crippen LogP contribution is 2.30. The number of nitrogens with zero attached hydrogens (tertiary/aromatic N) is 3. The van der Waals surface area contributed by atoms with Crippen LogP contribution in [0.3, 0.4) is 0 Å². The van der Waals surface area contributed by atoms with Crippen LogP contribution in [0.5, 0.6) is 0 Å². The molecule has 0 unspecified atom stereocenters. The third-order valence-corrected chi connectivity index (χ3v) is 5.66. The summed E-state index contributed by atoms with van der Waals surface area (Å²) in [4.78, 5) is 33.8. The molecule has 2 aliphatic heterocycles. The van der Waals surface area contributed by atoms with Gasteiger partial charge in [-0.25, -0.2) is 0 Å². The highest BCUT2D eigenvalue weighted by molar-refractivity contribution is 6.05. The molecule has 2 aromatic rings. The zero-order valence-electron chi connectivity index (χ0n) is 14.5. The maximum atomic E-state index is 13.3. The summed E-state index contributed by atoms with van der Waals surface area (Å²) in [7, 11) is 1.88. The fraction of sp³-hybridized carbons (Fsp3) is 0.450. The van der Waals surface area contributed by atoms with Crippen molar-refractivity contribution in [3.8, 4) is 0 Å². The minimum Gasteiger partial charge on any atom is -0.341 e. The lowest BCUT2D eigenvalue weighted by Gasteiger charge is -2.43. The van der Waals surface area contributed by atoms with Crippen LogP contribution in [0.2, 0.25) is 0 Å². The van der Waals surface area contributed by atoms with E-state index in [1.165, 1.54) is 0 Å². The van der Waals surface area contributed by atoms with Gasteiger partial charge in [0.1, 0.15) is 5.69 Å². The minimum absolute atomic E-state index is 0.00533. The lowest BCUT2D eigenvalue weighted by atomic mass is 9.92. The van der Waals surface area contributed by atoms with Crippen molar-refractivity contribution in [2.24, 2.45) is 0 Å². The molecular formula is C20H23N3O2. The van der Waals surface area contributed by atoms with E-state index < -0.39 is 0 Å². The van der Waals surface area contributed by atoms with Gasteiger partial charge in [0.2, 0.25) is 5.91 Å². The topological polar surface area (TPSA) is 53.5 Å². The molecule has 0 saturated carbocycles. The third-order valence-electron chi connectivity index (χ3n) is 5.66. The molecule has 1 aromatic heterocycles. The molecule has 2 aliphatic rings. The summed E-state index contributed by atoms with van der Waals surface area (Å²) in [6, 6.07) is 10.0. The van der Waals surface area contributed by atoms with E-state index in [-0.39, 0.29) is 23.9 Å². The first-order chi connectivity index (χ1) is 12.2. The molecule has 0 N–H and O–H groups in total. The molecule has 5 nitrogen and oxygen atoms in total. The number of likely N-dealkylation sites (N-methyl/N-ethyl adjacent to an activating group) is 1. The first-order valence-corrected chi connectivity index (χ1v) is 9.07. The predicted molar refractivity (Wildman–Crippen MR) is 96.2 cm³/mol. The second kappa shape index (κ2) is 6.47. The third kappa shape index (κ3) is 2.77. The van der Waals surface area contributed by atoms with E-state index in [1.807, 2.05) is 47.2 Å². The lowest BCUT2D eigenvalue weighted by Crippen LogP contribution is -2.56. The molecule has 2 amide bonds. The van der Waals surface area contributed by atoms with Crippen LogP contribution in [-0.2, 0) is 4.79 Å². The van der Waals surface area contributed by atoms with Gasteiger partial charge in [-0.1, -0.05) is 24.3 Å². The Hall–Kier alpha value is -2.43. The van der Waals surface area contributed by atoms with E-state index in [0.717, 1.165) is 43.0 Å². The molecule has 25 heavy (non-hydrogen) atoms. The maximum Gasteiger partial charge on any atom is 0.273 e. The van der Waals surface area contributed by atoms with E-state index in [0.29, 0.717) is 12.1 Å². The summed E-state index contributed by atoms with van der Waals surface area (Å²) < 4.78 is 0. The van der Waals surface area contributed by atoms with E-state index >= 15 is 0 Å². The first-order valence-electron chi connectivity index (χ1n) is 9.07. The molecule has 4 rings (SSSR count). The number of piperidine rings is 1. The molecular weight excluding hydrogens is 314 g/mol. The molecule has 0 spiro atoms. The molecule has 1 aromatic carbocycles. The summed E-state index contributed by atoms with van der Waals surface area (Å²) in [5.41, 5.74) is 0.525. The Morgan fingerprint density at radius 3 is 2.80 bits per heavy atom. The van der Waals surface area contributed by atoms with Gasteiger partial charge in [-0.15, -0.1) is 0 Å². The summed E-state index contributed by atoms with van der Waals surface area (Å²) in [5.74, 6) is 0.194. The van der Waals surface area contributed by atoms with Gasteiger partial charge in [-0.3, -0.25) is 14.6 Å². The van der Waals surface area contributed by atoms with Crippen molar-refractivity contribution in [3.63, 3.8) is 0 Å². The number of aromatic nitrogens is 1. The quantitative estimate of drug-likeness (QED) is 0.804. The van der Waals surface area contributed by atoms with Crippen LogP contribution < -0.4 is 0 Å². The van der Waals surface area contributed by atoms with Crippen molar-refractivity contribution in [3.05, 3.63) is 42.2 Å². The number of carbonyl (C=O) groups is 2. The Labute approximate surface area is 147 Å². The number of benzene rings is 1. The fourth-order valence-corrected chi connectivity index (χ4v) is 4.34. The maximum absolute atomic E-state index is 13.3. The SMILES string of the molecule is CN1C(=O)CCC[C@@H]2[C@H]1CCCN2C(=O)c1nccc2ccccc12. The number of amides is 2. The van der Waals surface area contributed by atoms with Crippen molar-refractivity contribution < 1.29 is 9.59 Å². The standard InChI is InChI=1S/C20H23N3O2/c1-22-16-9-5-13-23(17(16)8-4-10-18(22)24)20(25)19-15-7-3-2-6-14(15)11-12-21-19/h2-3,6-7,11-12,16-17H,4-5,8-10,13H2,1H3/t16-,17-/m1/s1. The molecule has 130 valence electrons. The summed E-state index contributed by atoms with van der Waals surface area (Å²) in [6.07, 6.45) is 5.92. The van der Waals surface area contributed by atoms with Gasteiger partial charge >= 0.3 is 0 Å². The number of likely N-dealkylation sites (tertiary alicyclic amines) is 2. The van der Waals surface area contributed by atoms with Crippen LogP contribution >= 0.6 is 0 Å². The van der Waals surface area contributed by atoms with Gasteiger partial charge < -0.3 is 9.80 Å². The van der Waals surface area contributed by atoms with Gasteiger partial charge in [0, 0.05) is 31.6 Å². The van der Waals surface area contributed by atoms with Gasteiger partial charge in [-0.05, 0) is 37.1 Å². The molecule has 2 atom stereocenters. The predicted octanol–water partition coefficient (Wildman–Crippen LogP) is 2.85. The van der Waals surface area contributed by atoms with Crippen LogP contribution in [0.4, 0.5) is 0 Å². The largest absolute Gasteiger partial charge is 0.341 e. The van der Waals surface area contributed by atoms with Crippen LogP contribution in [0, 0.1) is 0 Å². The van der Waals surface area contributed by atoms with E-state index in [4.69, 9.17) is 0 Å². The molecule has 0 aliphatic carbocycles. The van der Waals surface area contributed by atoms with E-state index in [2.05, 4.69) is 4.98 Å². The second-order valence-electron chi connectivity index (χ2n) is 7.05. The number of carbonyl (C=O) groups excluding carboxylic acids is 2. The van der Waals surface area contributed by atoms with E-state index in [1.54, 1.807) is 6.20 Å². The highest BCUT2D eigenvalue weighted by Gasteiger charge is 2.40. The van der Waals surface area contributed by atoms with Crippen molar-refractivity contribution in [2.45, 2.75) is 44.2 Å². The van der Waals surface area contributed by atoms with Crippen molar-refractivity contribution >= 4 is 22.6 Å². The van der Waals surface area contributed by atoms with Gasteiger partial charge in [0.15, 0.2) is 0 Å². The van der Waals surface area contributed by atoms with Crippen LogP contribution in [0.25, 0.3) is 10.8 Å². The molecule has 3 heterocycles. The lowest BCUT2D eigenvalue weighted by molar-refractivity contribution is -0.132.